The third kappa shape index (κ3) is 18.7. The number of carbonyl (C=O) groups excluding carboxylic acids is 3. The number of benzene rings is 8. The second-order valence-electron chi connectivity index (χ2n) is 24.6. The molecule has 25 heteroatoms. The van der Waals surface area contributed by atoms with E-state index in [4.69, 9.17) is 68.3 Å². The number of fused-ring (bicyclic) bond motifs is 20. The van der Waals surface area contributed by atoms with Crippen LogP contribution in [0.3, 0.4) is 0 Å². The van der Waals surface area contributed by atoms with Crippen LogP contribution in [0.5, 0.6) is 0 Å². The smallest absolute Gasteiger partial charge is 0.380 e. The van der Waals surface area contributed by atoms with Crippen LogP contribution < -0.4 is 9.97 Å². The number of amides is 3. The summed E-state index contributed by atoms with van der Waals surface area (Å²) in [6.45, 7) is 20.0. The molecule has 0 N–H and O–H groups in total. The van der Waals surface area contributed by atoms with Crippen LogP contribution >= 0.6 is 47.0 Å². The van der Waals surface area contributed by atoms with E-state index in [1.807, 2.05) is 199 Å². The van der Waals surface area contributed by atoms with E-state index >= 15 is 0 Å². The minimum absolute atomic E-state index is 0. The van der Waals surface area contributed by atoms with Crippen LogP contribution in [0.15, 0.2) is 215 Å². The standard InChI is InChI=1S/C83H83N11O9S4.Cu/c1-7-98-48-42-92(43-49-99-8-2)81(95)54-30-36-58(37-31-54)105-66-27-18-24-63-70(66)78-88-75(63)87-77-69-61(22-16-26-65(69)104-57-20-14-13-15-21-57)73(85-77)84-74-62-23-17-28-67(106-59-38-32-55(33-39-59)82(96)93(44-50-100-9-3)45-51-101-10-4)71(62)79(86-74)91-80-72-64(76(89-78)90-80)25-19-29-68(72)107-60-40-34-56(35-41-60)83(97)94(46-52-102-11-5)47-53-103-12-6;/h13-41H,7-12,42-53H2,1-6H3;/q-2;+2. The Kier molecular flexibility index (Phi) is 28.1. The molecule has 0 atom stereocenters. The number of aromatic nitrogens is 8. The van der Waals surface area contributed by atoms with Crippen molar-refractivity contribution in [2.45, 2.75) is 80.7 Å². The fourth-order valence-electron chi connectivity index (χ4n) is 12.5. The second kappa shape index (κ2) is 38.5. The quantitative estimate of drug-likeness (QED) is 0.0266. The zero-order chi connectivity index (χ0) is 74.0. The van der Waals surface area contributed by atoms with Gasteiger partial charge < -0.3 is 73.0 Å². The molecule has 0 saturated carbocycles. The van der Waals surface area contributed by atoms with Crippen molar-refractivity contribution >= 4 is 109 Å². The van der Waals surface area contributed by atoms with Crippen molar-refractivity contribution in [2.24, 2.45) is 0 Å². The number of carbonyl (C=O) groups is 3. The molecule has 559 valence electrons. The van der Waals surface area contributed by atoms with E-state index in [1.165, 1.54) is 35.3 Å². The zero-order valence-corrected chi connectivity index (χ0v) is 65.2. The molecular weight excluding hydrogens is 1490 g/mol. The van der Waals surface area contributed by atoms with E-state index in [2.05, 4.69) is 18.2 Å². The van der Waals surface area contributed by atoms with Gasteiger partial charge in [0.25, 0.3) is 17.7 Å². The third-order valence-corrected chi connectivity index (χ3v) is 22.0. The van der Waals surface area contributed by atoms with Crippen LogP contribution in [0.2, 0.25) is 0 Å². The van der Waals surface area contributed by atoms with Crippen molar-refractivity contribution in [3.05, 3.63) is 193 Å². The van der Waals surface area contributed by atoms with Gasteiger partial charge in [0.1, 0.15) is 0 Å². The van der Waals surface area contributed by atoms with Gasteiger partial charge in [0.05, 0.1) is 62.9 Å². The molecule has 0 spiro atoms. The molecule has 1 radical (unpaired) electrons. The van der Waals surface area contributed by atoms with Gasteiger partial charge in [-0.05, 0) is 162 Å². The summed E-state index contributed by atoms with van der Waals surface area (Å²) in [7, 11) is 0. The van der Waals surface area contributed by atoms with Crippen molar-refractivity contribution in [3.63, 3.8) is 0 Å². The summed E-state index contributed by atoms with van der Waals surface area (Å²) in [6, 6.07) is 57.4. The number of hydrogen-bond donors (Lipinski definition) is 0. The van der Waals surface area contributed by atoms with Gasteiger partial charge >= 0.3 is 17.1 Å². The van der Waals surface area contributed by atoms with Crippen LogP contribution in [-0.4, -0.2) is 181 Å². The maximum Gasteiger partial charge on any atom is 2.00 e. The average Bonchev–Trinajstić information content (AvgIpc) is 1.59. The summed E-state index contributed by atoms with van der Waals surface area (Å²) in [4.78, 5) is 98.5. The van der Waals surface area contributed by atoms with Gasteiger partial charge in [-0.2, -0.15) is 0 Å². The molecule has 20 nitrogen and oxygen atoms in total. The molecule has 0 aliphatic carbocycles. The van der Waals surface area contributed by atoms with E-state index in [9.17, 15) is 14.4 Å². The largest absolute Gasteiger partial charge is 2.00 e. The predicted octanol–water partition coefficient (Wildman–Crippen LogP) is 16.3. The first-order valence-corrected chi connectivity index (χ1v) is 39.5. The molecule has 2 aliphatic heterocycles. The fraction of sp³-hybridized carbons (Fsp3) is 0.289. The zero-order valence-electron chi connectivity index (χ0n) is 61.0. The molecule has 3 amide bonds. The van der Waals surface area contributed by atoms with E-state index in [0.29, 0.717) is 192 Å². The average molecular weight is 1570 g/mol. The molecule has 0 saturated heterocycles. The topological polar surface area (TPSA) is 222 Å². The first-order valence-electron chi connectivity index (χ1n) is 36.2. The van der Waals surface area contributed by atoms with Crippen molar-refractivity contribution in [2.75, 3.05) is 119 Å². The van der Waals surface area contributed by atoms with Crippen LogP contribution in [-0.2, 0) is 45.5 Å². The Hall–Kier alpha value is -8.79. The van der Waals surface area contributed by atoms with Gasteiger partial charge in [0.2, 0.25) is 0 Å². The number of hydrogen-bond acceptors (Lipinski definition) is 19. The summed E-state index contributed by atoms with van der Waals surface area (Å²) in [5.41, 5.74) is 6.08. The summed E-state index contributed by atoms with van der Waals surface area (Å²) in [5, 5.41) is 2.97. The van der Waals surface area contributed by atoms with Crippen LogP contribution in [0.25, 0.3) is 89.7 Å². The molecule has 3 aromatic heterocycles. The number of nitrogens with zero attached hydrogens (tertiary/aromatic N) is 11. The van der Waals surface area contributed by atoms with Gasteiger partial charge in [-0.1, -0.05) is 114 Å². The SMILES string of the molecule is CCOCCN(CCOCC)C(=O)c1ccc(Sc2cccc3c2-c2nc-3nc3[n-]c(nc4nc(nc5[n-]c(n2)c2cccc(Sc6ccc(C(=O)N(CCOCC)CCOCC)cc6)c52)-c2c(Sc5ccc(C(=O)N(CCOCC)CCOCC)cc5)cccc2-4)c2cccc(Sc4ccccc4)c32)cc1.[Cu+2]. The van der Waals surface area contributed by atoms with Gasteiger partial charge in [-0.25, -0.2) is 9.97 Å². The first kappa shape index (κ1) is 78.8. The fourth-order valence-corrected chi connectivity index (χ4v) is 16.4. The van der Waals surface area contributed by atoms with Gasteiger partial charge in [0.15, 0.2) is 0 Å². The van der Waals surface area contributed by atoms with E-state index < -0.39 is 0 Å². The summed E-state index contributed by atoms with van der Waals surface area (Å²) in [6.07, 6.45) is 0. The maximum absolute atomic E-state index is 14.2. The summed E-state index contributed by atoms with van der Waals surface area (Å²) in [5.74, 6) is 1.18. The maximum atomic E-state index is 14.2. The van der Waals surface area contributed by atoms with Gasteiger partial charge in [-0.15, -0.1) is 0 Å². The summed E-state index contributed by atoms with van der Waals surface area (Å²) < 4.78 is 34.0. The molecule has 5 heterocycles. The Balaban J connectivity index is 0.0000109. The number of rotatable bonds is 35. The van der Waals surface area contributed by atoms with E-state index in [1.54, 1.807) is 26.5 Å². The third-order valence-electron chi connectivity index (χ3n) is 17.7. The predicted molar refractivity (Wildman–Crippen MR) is 423 cm³/mol. The van der Waals surface area contributed by atoms with E-state index in [-0.39, 0.29) is 34.8 Å². The van der Waals surface area contributed by atoms with Gasteiger partial charge in [-0.3, -0.25) is 14.4 Å². The Morgan fingerprint density at radius 2 is 0.602 bits per heavy atom. The van der Waals surface area contributed by atoms with Gasteiger partial charge in [0, 0.05) is 190 Å². The molecule has 2 aliphatic rings. The number of ether oxygens (including phenoxy) is 6. The molecule has 108 heavy (non-hydrogen) atoms. The molecule has 13 rings (SSSR count). The van der Waals surface area contributed by atoms with Crippen LogP contribution in [0.4, 0.5) is 0 Å². The molecule has 8 aromatic carbocycles. The minimum atomic E-state index is -0.115. The molecule has 0 unspecified atom stereocenters. The Bertz CT molecular complexity index is 5090. The van der Waals surface area contributed by atoms with E-state index in [0.717, 1.165) is 72.2 Å². The molecule has 0 fully saturated rings. The molecule has 11 aromatic rings. The molecule has 8 bridgehead atoms. The Labute approximate surface area is 656 Å². The molecular formula is C83H83CuN11O9S4. The Morgan fingerprint density at radius 1 is 0.315 bits per heavy atom. The van der Waals surface area contributed by atoms with Crippen LogP contribution in [0, 0.1) is 0 Å². The minimum Gasteiger partial charge on any atom is -0.380 e. The van der Waals surface area contributed by atoms with Crippen molar-refractivity contribution in [1.82, 2.24) is 54.6 Å². The van der Waals surface area contributed by atoms with Crippen molar-refractivity contribution in [1.29, 1.82) is 0 Å². The van der Waals surface area contributed by atoms with Crippen LogP contribution in [0.1, 0.15) is 72.6 Å². The second-order valence-corrected chi connectivity index (χ2v) is 29.0. The monoisotopic (exact) mass is 1570 g/mol. The summed E-state index contributed by atoms with van der Waals surface area (Å²) >= 11 is 6.19. The Morgan fingerprint density at radius 3 is 0.944 bits per heavy atom. The first-order chi connectivity index (χ1) is 52.5. The van der Waals surface area contributed by atoms with Crippen molar-refractivity contribution in [3.8, 4) is 45.6 Å². The normalized spacial score (nSPS) is 11.6. The van der Waals surface area contributed by atoms with Crippen molar-refractivity contribution < 1.29 is 59.9 Å².